The lowest BCUT2D eigenvalue weighted by molar-refractivity contribution is -0.384. The molecular formula is C17H20F3N3O6. The maximum absolute atomic E-state index is 12.9. The van der Waals surface area contributed by atoms with Crippen molar-refractivity contribution in [2.75, 3.05) is 24.5 Å². The topological polar surface area (TPSA) is 113 Å². The van der Waals surface area contributed by atoms with E-state index in [4.69, 9.17) is 4.74 Å². The van der Waals surface area contributed by atoms with Crippen LogP contribution in [0.4, 0.5) is 29.3 Å². The van der Waals surface area contributed by atoms with E-state index in [0.717, 1.165) is 15.9 Å². The number of nitrogens with zero attached hydrogens (tertiary/aromatic N) is 3. The lowest BCUT2D eigenvalue weighted by atomic mass is 10.1. The number of amides is 1. The highest BCUT2D eigenvalue weighted by Gasteiger charge is 2.40. The third-order valence-electron chi connectivity index (χ3n) is 4.13. The molecule has 9 nitrogen and oxygen atoms in total. The molecule has 1 unspecified atom stereocenters. The highest BCUT2D eigenvalue weighted by Crippen LogP contribution is 2.37. The van der Waals surface area contributed by atoms with Gasteiger partial charge in [-0.05, 0) is 32.9 Å². The minimum absolute atomic E-state index is 0.0170. The van der Waals surface area contributed by atoms with Gasteiger partial charge in [-0.15, -0.1) is 0 Å². The molecule has 1 saturated heterocycles. The van der Waals surface area contributed by atoms with Crippen LogP contribution in [0.25, 0.3) is 0 Å². The molecule has 0 radical (unpaired) electrons. The van der Waals surface area contributed by atoms with Crippen LogP contribution < -0.4 is 4.90 Å². The van der Waals surface area contributed by atoms with E-state index >= 15 is 0 Å². The third kappa shape index (κ3) is 5.27. The number of nitro groups is 1. The number of hydrogen-bond acceptors (Lipinski definition) is 6. The van der Waals surface area contributed by atoms with E-state index in [-0.39, 0.29) is 25.3 Å². The Kier molecular flexibility index (Phi) is 5.95. The van der Waals surface area contributed by atoms with Crippen molar-refractivity contribution in [3.05, 3.63) is 33.9 Å². The van der Waals surface area contributed by atoms with E-state index in [1.807, 2.05) is 0 Å². The van der Waals surface area contributed by atoms with Crippen LogP contribution in [0.2, 0.25) is 0 Å². The number of alkyl halides is 3. The van der Waals surface area contributed by atoms with Gasteiger partial charge in [0, 0.05) is 19.2 Å². The number of benzene rings is 1. The van der Waals surface area contributed by atoms with Crippen LogP contribution in [0.5, 0.6) is 0 Å². The molecule has 2 rings (SSSR count). The molecule has 160 valence electrons. The standard InChI is InChI=1S/C17H20F3N3O6/c1-16(2,3)29-15(26)21-6-7-22(13(9-21)14(24)25)11-5-4-10(17(18,19)20)8-12(11)23(27)28/h4-5,8,13H,6-7,9H2,1-3H3,(H,24,25). The van der Waals surface area contributed by atoms with E-state index in [1.54, 1.807) is 20.8 Å². The number of hydrogen-bond donors (Lipinski definition) is 1. The average molecular weight is 419 g/mol. The monoisotopic (exact) mass is 419 g/mol. The molecule has 1 aromatic carbocycles. The zero-order chi connectivity index (χ0) is 22.1. The molecule has 0 aliphatic carbocycles. The largest absolute Gasteiger partial charge is 0.480 e. The number of piperazine rings is 1. The molecule has 1 fully saturated rings. The van der Waals surface area contributed by atoms with E-state index in [9.17, 15) is 38.0 Å². The second kappa shape index (κ2) is 7.76. The number of carbonyl (C=O) groups is 2. The Bertz CT molecular complexity index is 822. The molecular weight excluding hydrogens is 399 g/mol. The fourth-order valence-corrected chi connectivity index (χ4v) is 2.86. The van der Waals surface area contributed by atoms with Crippen LogP contribution in [0.15, 0.2) is 18.2 Å². The summed E-state index contributed by atoms with van der Waals surface area (Å²) < 4.78 is 43.9. The first-order chi connectivity index (χ1) is 13.2. The lowest BCUT2D eigenvalue weighted by Gasteiger charge is -2.40. The Morgan fingerprint density at radius 1 is 1.24 bits per heavy atom. The number of carboxylic acid groups (broad SMARTS) is 1. The van der Waals surface area contributed by atoms with E-state index in [1.165, 1.54) is 0 Å². The highest BCUT2D eigenvalue weighted by molar-refractivity contribution is 5.82. The molecule has 1 aliphatic heterocycles. The van der Waals surface area contributed by atoms with Crippen LogP contribution >= 0.6 is 0 Å². The van der Waals surface area contributed by atoms with E-state index < -0.39 is 46.1 Å². The maximum atomic E-state index is 12.9. The number of carbonyl (C=O) groups excluding carboxylic acids is 1. The molecule has 1 amide bonds. The van der Waals surface area contributed by atoms with Gasteiger partial charge in [0.15, 0.2) is 0 Å². The molecule has 1 aromatic rings. The van der Waals surface area contributed by atoms with Gasteiger partial charge < -0.3 is 19.6 Å². The number of aliphatic carboxylic acids is 1. The number of halogens is 3. The van der Waals surface area contributed by atoms with Gasteiger partial charge in [0.25, 0.3) is 5.69 Å². The summed E-state index contributed by atoms with van der Waals surface area (Å²) in [4.78, 5) is 36.5. The predicted octanol–water partition coefficient (Wildman–Crippen LogP) is 3.12. The van der Waals surface area contributed by atoms with Crippen molar-refractivity contribution < 1.29 is 37.5 Å². The molecule has 1 heterocycles. The van der Waals surface area contributed by atoms with Gasteiger partial charge in [-0.25, -0.2) is 9.59 Å². The van der Waals surface area contributed by atoms with Crippen molar-refractivity contribution in [1.29, 1.82) is 0 Å². The smallest absolute Gasteiger partial charge is 0.416 e. The second-order valence-electron chi connectivity index (χ2n) is 7.43. The molecule has 1 atom stereocenters. The van der Waals surface area contributed by atoms with Crippen molar-refractivity contribution in [2.45, 2.75) is 38.6 Å². The Hall–Kier alpha value is -3.05. The summed E-state index contributed by atoms with van der Waals surface area (Å²) in [5.74, 6) is -1.38. The number of anilines is 1. The van der Waals surface area contributed by atoms with Gasteiger partial charge in [-0.3, -0.25) is 10.1 Å². The van der Waals surface area contributed by atoms with Crippen LogP contribution in [0.1, 0.15) is 26.3 Å². The van der Waals surface area contributed by atoms with Gasteiger partial charge in [-0.2, -0.15) is 13.2 Å². The summed E-state index contributed by atoms with van der Waals surface area (Å²) in [6.45, 7) is 4.42. The zero-order valence-corrected chi connectivity index (χ0v) is 15.9. The molecule has 12 heteroatoms. The third-order valence-corrected chi connectivity index (χ3v) is 4.13. The van der Waals surface area contributed by atoms with E-state index in [2.05, 4.69) is 0 Å². The highest BCUT2D eigenvalue weighted by atomic mass is 19.4. The summed E-state index contributed by atoms with van der Waals surface area (Å²) in [5, 5.41) is 20.9. The summed E-state index contributed by atoms with van der Waals surface area (Å²) in [6.07, 6.45) is -5.53. The van der Waals surface area contributed by atoms with Gasteiger partial charge in [0.1, 0.15) is 17.3 Å². The van der Waals surface area contributed by atoms with Crippen LogP contribution in [0, 0.1) is 10.1 Å². The first-order valence-corrected chi connectivity index (χ1v) is 8.53. The maximum Gasteiger partial charge on any atom is 0.416 e. The number of carboxylic acids is 1. The number of nitro benzene ring substituents is 1. The normalized spacial score (nSPS) is 17.8. The number of ether oxygens (including phenoxy) is 1. The van der Waals surface area contributed by atoms with Crippen LogP contribution in [-0.4, -0.2) is 58.3 Å². The van der Waals surface area contributed by atoms with Crippen molar-refractivity contribution in [2.24, 2.45) is 0 Å². The van der Waals surface area contributed by atoms with Crippen molar-refractivity contribution in [1.82, 2.24) is 4.90 Å². The van der Waals surface area contributed by atoms with Gasteiger partial charge in [-0.1, -0.05) is 0 Å². The van der Waals surface area contributed by atoms with Crippen molar-refractivity contribution in [3.63, 3.8) is 0 Å². The molecule has 0 saturated carbocycles. The fraction of sp³-hybridized carbons (Fsp3) is 0.529. The molecule has 1 N–H and O–H groups in total. The Morgan fingerprint density at radius 2 is 1.86 bits per heavy atom. The van der Waals surface area contributed by atoms with Gasteiger partial charge in [0.05, 0.1) is 17.0 Å². The fourth-order valence-electron chi connectivity index (χ4n) is 2.86. The summed E-state index contributed by atoms with van der Waals surface area (Å²) in [7, 11) is 0. The second-order valence-corrected chi connectivity index (χ2v) is 7.43. The first kappa shape index (κ1) is 22.2. The molecule has 0 spiro atoms. The van der Waals surface area contributed by atoms with Gasteiger partial charge in [0.2, 0.25) is 0 Å². The Labute approximate surface area is 163 Å². The molecule has 29 heavy (non-hydrogen) atoms. The minimum Gasteiger partial charge on any atom is -0.480 e. The SMILES string of the molecule is CC(C)(C)OC(=O)N1CCN(c2ccc(C(F)(F)F)cc2[N+](=O)[O-])C(C(=O)O)C1. The first-order valence-electron chi connectivity index (χ1n) is 8.53. The number of rotatable bonds is 3. The minimum atomic E-state index is -4.79. The molecule has 0 aromatic heterocycles. The summed E-state index contributed by atoms with van der Waals surface area (Å²) >= 11 is 0. The zero-order valence-electron chi connectivity index (χ0n) is 15.9. The Morgan fingerprint density at radius 3 is 2.34 bits per heavy atom. The Balaban J connectivity index is 2.36. The van der Waals surface area contributed by atoms with Crippen LogP contribution in [-0.2, 0) is 15.7 Å². The molecule has 0 bridgehead atoms. The molecule has 1 aliphatic rings. The average Bonchev–Trinajstić information content (AvgIpc) is 2.58. The van der Waals surface area contributed by atoms with Crippen LogP contribution in [0.3, 0.4) is 0 Å². The van der Waals surface area contributed by atoms with Gasteiger partial charge >= 0.3 is 18.2 Å². The van der Waals surface area contributed by atoms with Crippen molar-refractivity contribution in [3.8, 4) is 0 Å². The summed E-state index contributed by atoms with van der Waals surface area (Å²) in [6, 6.07) is 0.502. The quantitative estimate of drug-likeness (QED) is 0.592. The lowest BCUT2D eigenvalue weighted by Crippen LogP contribution is -2.58. The summed E-state index contributed by atoms with van der Waals surface area (Å²) in [5.41, 5.74) is -3.15. The van der Waals surface area contributed by atoms with E-state index in [0.29, 0.717) is 12.1 Å². The predicted molar refractivity (Wildman–Crippen MR) is 94.7 cm³/mol. The van der Waals surface area contributed by atoms with Crippen molar-refractivity contribution >= 4 is 23.4 Å².